The Kier molecular flexibility index (Phi) is 2.98. The Bertz CT molecular complexity index is 1230. The third-order valence-corrected chi connectivity index (χ3v) is 5.12. The highest BCUT2D eigenvalue weighted by atomic mass is 32.1. The third kappa shape index (κ3) is 2.16. The van der Waals surface area contributed by atoms with Crippen molar-refractivity contribution in [3.63, 3.8) is 0 Å². The van der Waals surface area contributed by atoms with Gasteiger partial charge in [-0.15, -0.1) is 11.3 Å². The Morgan fingerprint density at radius 1 is 1.20 bits per heavy atom. The van der Waals surface area contributed by atoms with Gasteiger partial charge in [0, 0.05) is 52.9 Å². The van der Waals surface area contributed by atoms with E-state index in [4.69, 9.17) is 4.98 Å². The maximum atomic E-state index is 13.6. The van der Waals surface area contributed by atoms with Gasteiger partial charge in [0.25, 0.3) is 0 Å². The van der Waals surface area contributed by atoms with Crippen molar-refractivity contribution in [3.8, 4) is 21.8 Å². The van der Waals surface area contributed by atoms with Crippen LogP contribution in [0.2, 0.25) is 0 Å². The lowest BCUT2D eigenvalue weighted by molar-refractivity contribution is 0.624. The second-order valence-corrected chi connectivity index (χ2v) is 6.68. The molecule has 0 bridgehead atoms. The molecule has 0 saturated heterocycles. The van der Waals surface area contributed by atoms with Crippen LogP contribution in [0.25, 0.3) is 43.9 Å². The van der Waals surface area contributed by atoms with E-state index in [-0.39, 0.29) is 5.82 Å². The van der Waals surface area contributed by atoms with Gasteiger partial charge in [0.2, 0.25) is 0 Å². The first-order chi connectivity index (χ1) is 12.2. The fourth-order valence-electron chi connectivity index (χ4n) is 3.09. The molecule has 7 heteroatoms. The summed E-state index contributed by atoms with van der Waals surface area (Å²) >= 11 is 1.56. The lowest BCUT2D eigenvalue weighted by Crippen LogP contribution is -1.87. The molecule has 5 aromatic rings. The Morgan fingerprint density at radius 3 is 3.04 bits per heavy atom. The molecule has 1 N–H and O–H groups in total. The fourth-order valence-corrected chi connectivity index (χ4v) is 3.94. The van der Waals surface area contributed by atoms with Crippen LogP contribution in [0.5, 0.6) is 0 Å². The van der Waals surface area contributed by atoms with Crippen LogP contribution in [-0.2, 0) is 7.05 Å². The summed E-state index contributed by atoms with van der Waals surface area (Å²) in [7, 11) is 1.90. The van der Waals surface area contributed by atoms with Crippen LogP contribution in [-0.4, -0.2) is 24.5 Å². The summed E-state index contributed by atoms with van der Waals surface area (Å²) in [5.74, 6) is -0.349. The number of aryl methyl sites for hydroxylation is 1. The minimum atomic E-state index is -0.349. The number of H-pyrrole nitrogens is 1. The van der Waals surface area contributed by atoms with E-state index in [0.717, 1.165) is 43.9 Å². The molecule has 122 valence electrons. The van der Waals surface area contributed by atoms with E-state index in [1.807, 2.05) is 41.5 Å². The minimum Gasteiger partial charge on any atom is -0.345 e. The highest BCUT2D eigenvalue weighted by Gasteiger charge is 2.16. The van der Waals surface area contributed by atoms with Crippen molar-refractivity contribution in [3.05, 3.63) is 54.2 Å². The zero-order valence-corrected chi connectivity index (χ0v) is 14.0. The number of rotatable bonds is 2. The molecule has 0 atom stereocenters. The van der Waals surface area contributed by atoms with Gasteiger partial charge < -0.3 is 9.55 Å². The highest BCUT2D eigenvalue weighted by Crippen LogP contribution is 2.35. The maximum absolute atomic E-state index is 13.6. The molecule has 0 spiro atoms. The van der Waals surface area contributed by atoms with Gasteiger partial charge in [-0.3, -0.25) is 0 Å². The van der Waals surface area contributed by atoms with Gasteiger partial charge in [-0.2, -0.15) is 0 Å². The van der Waals surface area contributed by atoms with Crippen molar-refractivity contribution in [1.82, 2.24) is 24.5 Å². The Morgan fingerprint density at radius 2 is 2.12 bits per heavy atom. The number of fused-ring (bicyclic) bond motifs is 2. The topological polar surface area (TPSA) is 59.4 Å². The first-order valence-corrected chi connectivity index (χ1v) is 8.57. The first-order valence-electron chi connectivity index (χ1n) is 7.69. The summed E-state index contributed by atoms with van der Waals surface area (Å²) in [6.45, 7) is 0. The van der Waals surface area contributed by atoms with Gasteiger partial charge in [-0.25, -0.2) is 19.3 Å². The summed E-state index contributed by atoms with van der Waals surface area (Å²) in [6.07, 6.45) is 6.85. The molecule has 0 aromatic carbocycles. The molecule has 0 radical (unpaired) electrons. The van der Waals surface area contributed by atoms with Gasteiger partial charge in [0.05, 0.1) is 11.9 Å². The monoisotopic (exact) mass is 349 g/mol. The number of nitrogens with zero attached hydrogens (tertiary/aromatic N) is 4. The smallest absolute Gasteiger partial charge is 0.142 e. The van der Waals surface area contributed by atoms with E-state index in [1.54, 1.807) is 17.5 Å². The van der Waals surface area contributed by atoms with E-state index in [1.165, 1.54) is 12.3 Å². The van der Waals surface area contributed by atoms with Crippen molar-refractivity contribution in [2.75, 3.05) is 0 Å². The molecule has 0 aliphatic carbocycles. The number of hydrogen-bond donors (Lipinski definition) is 1. The highest BCUT2D eigenvalue weighted by molar-refractivity contribution is 7.13. The summed E-state index contributed by atoms with van der Waals surface area (Å²) in [4.78, 5) is 16.4. The lowest BCUT2D eigenvalue weighted by atomic mass is 10.2. The molecular weight excluding hydrogens is 337 g/mol. The second-order valence-electron chi connectivity index (χ2n) is 5.82. The van der Waals surface area contributed by atoms with Gasteiger partial charge in [0.15, 0.2) is 0 Å². The van der Waals surface area contributed by atoms with Gasteiger partial charge in [0.1, 0.15) is 22.1 Å². The normalized spacial score (nSPS) is 11.6. The van der Waals surface area contributed by atoms with Crippen molar-refractivity contribution in [1.29, 1.82) is 0 Å². The zero-order chi connectivity index (χ0) is 17.0. The van der Waals surface area contributed by atoms with Crippen molar-refractivity contribution in [2.45, 2.75) is 0 Å². The molecule has 5 aromatic heterocycles. The van der Waals surface area contributed by atoms with Crippen molar-refractivity contribution in [2.24, 2.45) is 7.05 Å². The Balaban J connectivity index is 1.67. The predicted octanol–water partition coefficient (Wildman–Crippen LogP) is 4.38. The number of nitrogens with one attached hydrogen (secondary N) is 1. The number of pyridine rings is 2. The molecule has 0 fully saturated rings. The molecule has 0 unspecified atom stereocenters. The average molecular weight is 349 g/mol. The van der Waals surface area contributed by atoms with E-state index in [9.17, 15) is 4.39 Å². The standard InChI is InChI=1S/C18H12FN5S/c1-24-8-14(12-5-10(19)6-22-17(12)24)15-9-25-18(23-15)13-7-21-16-11(13)3-2-4-20-16/h2-9H,1H3,(H,20,21). The Hall–Kier alpha value is -3.06. The molecular formula is C18H12FN5S. The molecule has 0 aliphatic heterocycles. The average Bonchev–Trinajstić information content (AvgIpc) is 3.31. The van der Waals surface area contributed by atoms with Crippen LogP contribution >= 0.6 is 11.3 Å². The number of hydrogen-bond acceptors (Lipinski definition) is 4. The second kappa shape index (κ2) is 5.22. The number of aromatic nitrogens is 5. The molecule has 5 heterocycles. The van der Waals surface area contributed by atoms with Crippen LogP contribution in [0.1, 0.15) is 0 Å². The SMILES string of the molecule is Cn1cc(-c2csc(-c3c[nH]c4ncccc34)n2)c2cc(F)cnc21. The molecule has 0 amide bonds. The van der Waals surface area contributed by atoms with E-state index in [0.29, 0.717) is 0 Å². The number of halogens is 1. The van der Waals surface area contributed by atoms with E-state index >= 15 is 0 Å². The van der Waals surface area contributed by atoms with Gasteiger partial charge in [-0.1, -0.05) is 0 Å². The quantitative estimate of drug-likeness (QED) is 0.514. The van der Waals surface area contributed by atoms with Crippen molar-refractivity contribution < 1.29 is 4.39 Å². The summed E-state index contributed by atoms with van der Waals surface area (Å²) in [5, 5.41) is 4.69. The minimum absolute atomic E-state index is 0.349. The van der Waals surface area contributed by atoms with Crippen LogP contribution in [0, 0.1) is 5.82 Å². The molecule has 5 nitrogen and oxygen atoms in total. The zero-order valence-electron chi connectivity index (χ0n) is 13.2. The molecule has 5 rings (SSSR count). The number of aromatic amines is 1. The maximum Gasteiger partial charge on any atom is 0.142 e. The predicted molar refractivity (Wildman–Crippen MR) is 96.9 cm³/mol. The summed E-state index contributed by atoms with van der Waals surface area (Å²) < 4.78 is 15.5. The molecule has 0 saturated carbocycles. The third-order valence-electron chi connectivity index (χ3n) is 4.24. The van der Waals surface area contributed by atoms with Crippen LogP contribution in [0.3, 0.4) is 0 Å². The molecule has 25 heavy (non-hydrogen) atoms. The van der Waals surface area contributed by atoms with Crippen molar-refractivity contribution >= 4 is 33.4 Å². The first kappa shape index (κ1) is 14.3. The number of thiazole rings is 1. The van der Waals surface area contributed by atoms with Crippen LogP contribution in [0.4, 0.5) is 4.39 Å². The van der Waals surface area contributed by atoms with Gasteiger partial charge in [-0.05, 0) is 18.2 Å². The molecule has 0 aliphatic rings. The lowest BCUT2D eigenvalue weighted by Gasteiger charge is -1.95. The largest absolute Gasteiger partial charge is 0.345 e. The van der Waals surface area contributed by atoms with Gasteiger partial charge >= 0.3 is 0 Å². The van der Waals surface area contributed by atoms with Crippen LogP contribution < -0.4 is 0 Å². The van der Waals surface area contributed by atoms with E-state index < -0.39 is 0 Å². The summed E-state index contributed by atoms with van der Waals surface area (Å²) in [6, 6.07) is 5.44. The van der Waals surface area contributed by atoms with E-state index in [2.05, 4.69) is 15.0 Å². The van der Waals surface area contributed by atoms with Crippen LogP contribution in [0.15, 0.2) is 48.4 Å². The summed E-state index contributed by atoms with van der Waals surface area (Å²) in [5.41, 5.74) is 4.29. The fraction of sp³-hybridized carbons (Fsp3) is 0.0556. The Labute approximate surface area is 145 Å².